The highest BCUT2D eigenvalue weighted by molar-refractivity contribution is 6.00. The average Bonchev–Trinajstić information content (AvgIpc) is 3.40. The molecule has 196 valence electrons. The molecule has 11 nitrogen and oxygen atoms in total. The van der Waals surface area contributed by atoms with E-state index in [1.165, 1.54) is 18.0 Å². The first-order valence-electron chi connectivity index (χ1n) is 13.0. The highest BCUT2D eigenvalue weighted by Gasteiger charge is 2.30. The summed E-state index contributed by atoms with van der Waals surface area (Å²) in [5, 5.41) is 17.4. The number of aromatic nitrogens is 2. The molecule has 1 N–H and O–H groups in total. The van der Waals surface area contributed by atoms with Gasteiger partial charge in [0.05, 0.1) is 23.4 Å². The van der Waals surface area contributed by atoms with Crippen molar-refractivity contribution in [3.8, 4) is 0 Å². The number of hydrogen-bond donors (Lipinski definition) is 1. The lowest BCUT2D eigenvalue weighted by atomic mass is 9.86. The van der Waals surface area contributed by atoms with Crippen molar-refractivity contribution in [2.45, 2.75) is 56.4 Å². The number of carbonyl (C=O) groups is 3. The molecule has 1 atom stereocenters. The van der Waals surface area contributed by atoms with Gasteiger partial charge in [-0.1, -0.05) is 24.3 Å². The molecule has 1 aromatic heterocycles. The Balaban J connectivity index is 1.06. The van der Waals surface area contributed by atoms with Crippen molar-refractivity contribution >= 4 is 23.4 Å². The van der Waals surface area contributed by atoms with Gasteiger partial charge in [0.2, 0.25) is 17.7 Å². The summed E-state index contributed by atoms with van der Waals surface area (Å²) in [5.74, 6) is -0.109. The minimum Gasteiger partial charge on any atom is -0.341 e. The van der Waals surface area contributed by atoms with Crippen molar-refractivity contribution < 1.29 is 19.3 Å². The lowest BCUT2D eigenvalue weighted by molar-refractivity contribution is -0.385. The number of hydrogen-bond acceptors (Lipinski definition) is 7. The highest BCUT2D eigenvalue weighted by atomic mass is 16.6. The smallest absolute Gasteiger partial charge is 0.307 e. The van der Waals surface area contributed by atoms with Gasteiger partial charge in [0.1, 0.15) is 12.4 Å². The SMILES string of the molecule is O=C1CCC(c2ccc(C3CCN(CC(=O)N4CCC(n5cc([N+](=O)[O-])cn5)CC4)CC3)cc2)C(=O)N1. The van der Waals surface area contributed by atoms with Gasteiger partial charge >= 0.3 is 5.69 Å². The molecule has 3 aliphatic heterocycles. The van der Waals surface area contributed by atoms with Crippen molar-refractivity contribution in [2.24, 2.45) is 0 Å². The van der Waals surface area contributed by atoms with Crippen LogP contribution in [0, 0.1) is 10.1 Å². The normalized spacial score (nSPS) is 22.2. The summed E-state index contributed by atoms with van der Waals surface area (Å²) in [6.45, 7) is 3.40. The van der Waals surface area contributed by atoms with E-state index >= 15 is 0 Å². The van der Waals surface area contributed by atoms with Crippen LogP contribution in [0.1, 0.15) is 67.5 Å². The Hall–Kier alpha value is -3.60. The molecule has 2 aromatic rings. The van der Waals surface area contributed by atoms with Gasteiger partial charge in [-0.25, -0.2) is 0 Å². The Morgan fingerprint density at radius 1 is 1.00 bits per heavy atom. The van der Waals surface area contributed by atoms with Crippen molar-refractivity contribution in [2.75, 3.05) is 32.7 Å². The maximum atomic E-state index is 12.9. The molecule has 37 heavy (non-hydrogen) atoms. The van der Waals surface area contributed by atoms with Gasteiger partial charge in [0, 0.05) is 19.5 Å². The Bertz CT molecular complexity index is 1160. The molecule has 0 spiro atoms. The predicted octanol–water partition coefficient (Wildman–Crippen LogP) is 2.35. The summed E-state index contributed by atoms with van der Waals surface area (Å²) in [6.07, 6.45) is 7.10. The molecule has 0 bridgehead atoms. The Morgan fingerprint density at radius 3 is 2.30 bits per heavy atom. The quantitative estimate of drug-likeness (QED) is 0.360. The molecule has 5 rings (SSSR count). The number of nitrogens with zero attached hydrogens (tertiary/aromatic N) is 5. The highest BCUT2D eigenvalue weighted by Crippen LogP contribution is 2.31. The number of nitro groups is 1. The van der Waals surface area contributed by atoms with E-state index in [4.69, 9.17) is 0 Å². The Morgan fingerprint density at radius 2 is 1.68 bits per heavy atom. The summed E-state index contributed by atoms with van der Waals surface area (Å²) in [6, 6.07) is 8.30. The molecular formula is C26H32N6O5. The average molecular weight is 509 g/mol. The molecule has 4 heterocycles. The fourth-order valence-electron chi connectivity index (χ4n) is 5.73. The number of amides is 3. The van der Waals surface area contributed by atoms with Crippen molar-refractivity contribution in [3.63, 3.8) is 0 Å². The van der Waals surface area contributed by atoms with E-state index in [9.17, 15) is 24.5 Å². The minimum absolute atomic E-state index is 0.00725. The van der Waals surface area contributed by atoms with E-state index in [2.05, 4.69) is 27.4 Å². The topological polar surface area (TPSA) is 131 Å². The second kappa shape index (κ2) is 10.8. The van der Waals surface area contributed by atoms with E-state index in [1.807, 2.05) is 17.0 Å². The van der Waals surface area contributed by atoms with Crippen molar-refractivity contribution in [1.29, 1.82) is 0 Å². The number of imide groups is 1. The third-order valence-electron chi connectivity index (χ3n) is 7.99. The van der Waals surface area contributed by atoms with Gasteiger partial charge < -0.3 is 4.90 Å². The van der Waals surface area contributed by atoms with Crippen LogP contribution in [0.2, 0.25) is 0 Å². The van der Waals surface area contributed by atoms with Gasteiger partial charge in [-0.15, -0.1) is 0 Å². The number of carbonyl (C=O) groups excluding carboxylic acids is 3. The maximum absolute atomic E-state index is 12.9. The van der Waals surface area contributed by atoms with E-state index in [0.717, 1.165) is 44.3 Å². The first kappa shape index (κ1) is 25.1. The zero-order valence-electron chi connectivity index (χ0n) is 20.8. The van der Waals surface area contributed by atoms with Gasteiger partial charge in [-0.05, 0) is 62.2 Å². The van der Waals surface area contributed by atoms with Gasteiger partial charge in [-0.3, -0.25) is 39.4 Å². The van der Waals surface area contributed by atoms with Crippen LogP contribution in [0.3, 0.4) is 0 Å². The zero-order valence-corrected chi connectivity index (χ0v) is 20.8. The van der Waals surface area contributed by atoms with Crippen LogP contribution in [-0.4, -0.2) is 74.9 Å². The molecule has 0 aliphatic carbocycles. The summed E-state index contributed by atoms with van der Waals surface area (Å²) in [5.41, 5.74) is 2.20. The molecule has 1 aromatic carbocycles. The van der Waals surface area contributed by atoms with Gasteiger partial charge in [0.15, 0.2) is 0 Å². The first-order chi connectivity index (χ1) is 17.9. The lowest BCUT2D eigenvalue weighted by Gasteiger charge is -2.36. The lowest BCUT2D eigenvalue weighted by Crippen LogP contribution is -2.46. The largest absolute Gasteiger partial charge is 0.341 e. The van der Waals surface area contributed by atoms with Crippen LogP contribution >= 0.6 is 0 Å². The second-order valence-corrected chi connectivity index (χ2v) is 10.3. The van der Waals surface area contributed by atoms with Gasteiger partial charge in [0.25, 0.3) is 0 Å². The van der Waals surface area contributed by atoms with E-state index < -0.39 is 4.92 Å². The molecule has 0 radical (unpaired) electrons. The van der Waals surface area contributed by atoms with Crippen LogP contribution < -0.4 is 5.32 Å². The molecule has 0 saturated carbocycles. The van der Waals surface area contributed by atoms with Crippen LogP contribution in [0.4, 0.5) is 5.69 Å². The molecule has 1 unspecified atom stereocenters. The van der Waals surface area contributed by atoms with E-state index in [1.54, 1.807) is 4.68 Å². The molecule has 3 amide bonds. The third kappa shape index (κ3) is 5.71. The molecule has 3 aliphatic rings. The zero-order chi connectivity index (χ0) is 25.9. The standard InChI is InChI=1S/C26H32N6O5/c33-24-6-5-23(26(35)28-24)20-3-1-18(2-4-20)19-7-11-29(12-8-19)17-25(34)30-13-9-21(10-14-30)31-16-22(15-27-31)32(36)37/h1-4,15-16,19,21,23H,5-14,17H2,(H,28,33,35). The predicted molar refractivity (Wildman–Crippen MR) is 134 cm³/mol. The third-order valence-corrected chi connectivity index (χ3v) is 7.99. The number of rotatable bonds is 6. The first-order valence-corrected chi connectivity index (χ1v) is 13.0. The number of likely N-dealkylation sites (tertiary alicyclic amines) is 2. The summed E-state index contributed by atoms with van der Waals surface area (Å²) < 4.78 is 1.65. The van der Waals surface area contributed by atoms with Crippen molar-refractivity contribution in [3.05, 3.63) is 57.9 Å². The van der Waals surface area contributed by atoms with Crippen LogP contribution in [0.25, 0.3) is 0 Å². The number of piperidine rings is 3. The summed E-state index contributed by atoms with van der Waals surface area (Å²) in [4.78, 5) is 51.0. The fraction of sp³-hybridized carbons (Fsp3) is 0.538. The number of benzene rings is 1. The van der Waals surface area contributed by atoms with Crippen LogP contribution in [0.5, 0.6) is 0 Å². The van der Waals surface area contributed by atoms with Crippen LogP contribution in [-0.2, 0) is 14.4 Å². The molecule has 11 heteroatoms. The van der Waals surface area contributed by atoms with Crippen molar-refractivity contribution in [1.82, 2.24) is 24.9 Å². The second-order valence-electron chi connectivity index (χ2n) is 10.3. The Labute approximate surface area is 214 Å². The fourth-order valence-corrected chi connectivity index (χ4v) is 5.73. The summed E-state index contributed by atoms with van der Waals surface area (Å²) >= 11 is 0. The maximum Gasteiger partial charge on any atom is 0.307 e. The minimum atomic E-state index is -0.443. The van der Waals surface area contributed by atoms with E-state index in [0.29, 0.717) is 38.4 Å². The number of nitrogens with one attached hydrogen (secondary N) is 1. The molecule has 3 fully saturated rings. The van der Waals surface area contributed by atoms with Crippen LogP contribution in [0.15, 0.2) is 36.7 Å². The monoisotopic (exact) mass is 508 g/mol. The Kier molecular flexibility index (Phi) is 7.31. The summed E-state index contributed by atoms with van der Waals surface area (Å²) in [7, 11) is 0. The molecule has 3 saturated heterocycles. The van der Waals surface area contributed by atoms with Gasteiger partial charge in [-0.2, -0.15) is 5.10 Å². The van der Waals surface area contributed by atoms with E-state index in [-0.39, 0.29) is 35.4 Å². The molecular weight excluding hydrogens is 476 g/mol.